The number of aliphatic hydroxyl groups is 1. The fourth-order valence-electron chi connectivity index (χ4n) is 3.17. The predicted octanol–water partition coefficient (Wildman–Crippen LogP) is 7.28. The molecule has 0 aromatic carbocycles. The van der Waals surface area contributed by atoms with E-state index in [1.807, 2.05) is 0 Å². The molecule has 0 heterocycles. The van der Waals surface area contributed by atoms with Crippen LogP contribution in [-0.2, 0) is 4.79 Å². The van der Waals surface area contributed by atoms with Crippen molar-refractivity contribution in [2.45, 2.75) is 71.5 Å². The molecule has 0 aliphatic rings. The molecule has 0 aromatic rings. The molecule has 28 heteroatoms. The van der Waals surface area contributed by atoms with Crippen molar-refractivity contribution < 1.29 is 125 Å². The number of alkyl halides is 23. The Kier molecular flexibility index (Phi) is 11.2. The number of halogens is 24. The Hall–Kier alpha value is -2.55. The predicted molar refractivity (Wildman–Crippen MR) is 100 cm³/mol. The molecule has 0 aliphatic carbocycles. The third-order valence-corrected chi connectivity index (χ3v) is 5.79. The van der Waals surface area contributed by atoms with E-state index in [0.29, 0.717) is 0 Å². The zero-order chi connectivity index (χ0) is 38.9. The van der Waals surface area contributed by atoms with Gasteiger partial charge < -0.3 is 14.7 Å². The second-order valence-corrected chi connectivity index (χ2v) is 9.99. The van der Waals surface area contributed by atoms with Crippen molar-refractivity contribution in [2.75, 3.05) is 27.2 Å². The number of aliphatic hydroxyl groups excluding tert-OH is 1. The van der Waals surface area contributed by atoms with Crippen LogP contribution in [0.5, 0.6) is 0 Å². The maximum absolute atomic E-state index is 13.9. The molecule has 0 aliphatic heterocycles. The highest BCUT2D eigenvalue weighted by Gasteiger charge is 2.99. The largest absolute Gasteiger partial charge is 0.477 e. The number of nitrogens with zero attached hydrogens (tertiary/aromatic N) is 1. The molecule has 0 radical (unpaired) electrons. The smallest absolute Gasteiger partial charge is 0.460 e. The van der Waals surface area contributed by atoms with Gasteiger partial charge in [-0.05, 0) is 6.08 Å². The Labute approximate surface area is 242 Å². The Morgan fingerprint density at radius 2 is 0.809 bits per heavy atom. The molecule has 4 nitrogen and oxygen atoms in total. The van der Waals surface area contributed by atoms with Crippen LogP contribution in [0.1, 0.15) is 0 Å². The number of quaternary nitrogens is 1. The SMILES string of the molecule is C[N+](C)(CC(=O)O)CC(O)C=C(F)C(F)(F)C(F)(F)C(F)(F)C(F)(F)C(F)(F)C(F)(F)C(F)(F)C(F)(F)C(F)(F)C(F)(F)C(F)(F)F. The number of hydrogen-bond donors (Lipinski definition) is 2. The van der Waals surface area contributed by atoms with E-state index in [9.17, 15) is 115 Å². The van der Waals surface area contributed by atoms with E-state index in [4.69, 9.17) is 5.11 Å². The summed E-state index contributed by atoms with van der Waals surface area (Å²) in [5, 5.41) is 18.0. The van der Waals surface area contributed by atoms with Crippen molar-refractivity contribution in [3.63, 3.8) is 0 Å². The van der Waals surface area contributed by atoms with E-state index in [2.05, 4.69) is 0 Å². The molecule has 47 heavy (non-hydrogen) atoms. The second-order valence-electron chi connectivity index (χ2n) is 9.99. The van der Waals surface area contributed by atoms with Gasteiger partial charge in [-0.1, -0.05) is 0 Å². The Morgan fingerprint density at radius 3 is 1.06 bits per heavy atom. The van der Waals surface area contributed by atoms with Crippen LogP contribution in [0.4, 0.5) is 105 Å². The quantitative estimate of drug-likeness (QED) is 0.137. The van der Waals surface area contributed by atoms with Gasteiger partial charge in [-0.25, -0.2) is 9.18 Å². The van der Waals surface area contributed by atoms with Gasteiger partial charge in [0.05, 0.1) is 14.1 Å². The van der Waals surface area contributed by atoms with Gasteiger partial charge in [-0.2, -0.15) is 101 Å². The topological polar surface area (TPSA) is 57.5 Å². The normalized spacial score (nSPS) is 17.2. The van der Waals surface area contributed by atoms with Crippen LogP contribution in [0.25, 0.3) is 0 Å². The lowest BCUT2D eigenvalue weighted by Gasteiger charge is -2.45. The van der Waals surface area contributed by atoms with Crippen molar-refractivity contribution in [1.29, 1.82) is 0 Å². The Morgan fingerprint density at radius 1 is 0.553 bits per heavy atom. The van der Waals surface area contributed by atoms with E-state index in [0.717, 1.165) is 14.1 Å². The lowest BCUT2D eigenvalue weighted by atomic mass is 9.85. The third kappa shape index (κ3) is 6.47. The number of hydrogen-bond acceptors (Lipinski definition) is 2. The highest BCUT2D eigenvalue weighted by atomic mass is 19.4. The van der Waals surface area contributed by atoms with Crippen molar-refractivity contribution in [3.8, 4) is 0 Å². The summed E-state index contributed by atoms with van der Waals surface area (Å²) in [5.41, 5.74) is 0. The summed E-state index contributed by atoms with van der Waals surface area (Å²) < 4.78 is 321. The number of carbonyl (C=O) groups is 1. The highest BCUT2D eigenvalue weighted by molar-refractivity contribution is 5.67. The summed E-state index contributed by atoms with van der Waals surface area (Å²) in [7, 11) is 1.54. The van der Waals surface area contributed by atoms with Gasteiger partial charge >= 0.3 is 71.4 Å². The molecule has 0 aromatic heterocycles. The summed E-state index contributed by atoms with van der Waals surface area (Å²) in [6, 6.07) is 0. The molecule has 0 saturated heterocycles. The molecular formula is C19H14F24NO3+. The summed E-state index contributed by atoms with van der Waals surface area (Å²) in [6.45, 7) is -2.48. The Balaban J connectivity index is 7.15. The minimum absolute atomic E-state index is 0.770. The summed E-state index contributed by atoms with van der Waals surface area (Å²) in [4.78, 5) is 10.6. The molecule has 1 unspecified atom stereocenters. The van der Waals surface area contributed by atoms with Crippen LogP contribution < -0.4 is 0 Å². The van der Waals surface area contributed by atoms with Crippen LogP contribution in [0.3, 0.4) is 0 Å². The number of aliphatic carboxylic acids is 1. The average Bonchev–Trinajstić information content (AvgIpc) is 2.80. The lowest BCUT2D eigenvalue weighted by molar-refractivity contribution is -0.885. The van der Waals surface area contributed by atoms with Gasteiger partial charge in [-0.3, -0.25) is 0 Å². The zero-order valence-corrected chi connectivity index (χ0v) is 21.9. The molecule has 280 valence electrons. The van der Waals surface area contributed by atoms with Gasteiger partial charge in [0.1, 0.15) is 12.6 Å². The van der Waals surface area contributed by atoms with Crippen molar-refractivity contribution >= 4 is 5.97 Å². The van der Waals surface area contributed by atoms with Crippen LogP contribution in [-0.4, -0.2) is 119 Å². The number of carboxylic acid groups (broad SMARTS) is 1. The minimum Gasteiger partial charge on any atom is -0.477 e. The zero-order valence-electron chi connectivity index (χ0n) is 21.9. The molecular weight excluding hydrogens is 746 g/mol. The molecule has 0 spiro atoms. The molecule has 0 amide bonds. The van der Waals surface area contributed by atoms with E-state index in [-0.39, 0.29) is 0 Å². The van der Waals surface area contributed by atoms with Crippen molar-refractivity contribution in [3.05, 3.63) is 11.9 Å². The Bertz CT molecular complexity index is 1190. The van der Waals surface area contributed by atoms with Crippen molar-refractivity contribution in [2.24, 2.45) is 0 Å². The maximum atomic E-state index is 13.9. The average molecular weight is 760 g/mol. The first-order valence-electron chi connectivity index (χ1n) is 10.9. The minimum atomic E-state index is -9.58. The summed E-state index contributed by atoms with van der Waals surface area (Å²) >= 11 is 0. The van der Waals surface area contributed by atoms with Gasteiger partial charge in [0.2, 0.25) is 0 Å². The third-order valence-electron chi connectivity index (χ3n) is 5.79. The van der Waals surface area contributed by atoms with Crippen molar-refractivity contribution in [1.82, 2.24) is 0 Å². The maximum Gasteiger partial charge on any atom is 0.460 e. The van der Waals surface area contributed by atoms with E-state index in [1.165, 1.54) is 0 Å². The van der Waals surface area contributed by atoms with Crippen LogP contribution in [0.15, 0.2) is 11.9 Å². The van der Waals surface area contributed by atoms with Gasteiger partial charge in [0.15, 0.2) is 12.4 Å². The van der Waals surface area contributed by atoms with Crippen LogP contribution in [0, 0.1) is 0 Å². The first-order chi connectivity index (χ1) is 19.9. The molecule has 0 bridgehead atoms. The molecule has 0 rings (SSSR count). The molecule has 0 fully saturated rings. The number of likely N-dealkylation sites (N-methyl/N-ethyl adjacent to an activating group) is 1. The summed E-state index contributed by atoms with van der Waals surface area (Å²) in [6.07, 6.45) is -12.5. The first kappa shape index (κ1) is 44.5. The molecule has 1 atom stereocenters. The monoisotopic (exact) mass is 760 g/mol. The molecule has 2 N–H and O–H groups in total. The fourth-order valence-corrected chi connectivity index (χ4v) is 3.17. The molecule has 0 saturated carbocycles. The van der Waals surface area contributed by atoms with E-state index >= 15 is 0 Å². The van der Waals surface area contributed by atoms with Gasteiger partial charge in [-0.15, -0.1) is 0 Å². The highest BCUT2D eigenvalue weighted by Crippen LogP contribution is 2.67. The number of allylic oxidation sites excluding steroid dienone is 1. The van der Waals surface area contributed by atoms with Crippen LogP contribution in [0.2, 0.25) is 0 Å². The lowest BCUT2D eigenvalue weighted by Crippen LogP contribution is -2.77. The van der Waals surface area contributed by atoms with Gasteiger partial charge in [0, 0.05) is 0 Å². The van der Waals surface area contributed by atoms with Gasteiger partial charge in [0.25, 0.3) is 0 Å². The van der Waals surface area contributed by atoms with Crippen LogP contribution >= 0.6 is 0 Å². The standard InChI is InChI=1S/C19H13F24NO3/c1-44(2,5-8(46)47)4-6(45)3-7(20)9(21,22)10(23,24)11(25,26)12(27,28)13(29,30)14(31,32)15(33,34)16(35,36)17(37,38)18(39,40)19(41,42)43/h3,6,45H,4-5H2,1-2H3/p+1. The number of rotatable bonds is 15. The number of carboxylic acids is 1. The summed E-state index contributed by atoms with van der Waals surface area (Å²) in [5.74, 6) is -96.7. The fraction of sp³-hybridized carbons (Fsp3) is 0.842. The second kappa shape index (κ2) is 11.8. The first-order valence-corrected chi connectivity index (χ1v) is 10.9. The van der Waals surface area contributed by atoms with E-state index in [1.54, 1.807) is 0 Å². The van der Waals surface area contributed by atoms with E-state index < -0.39 is 107 Å².